The average Bonchev–Trinajstić information content (AvgIpc) is 3.15. The monoisotopic (exact) mass is 289 g/mol. The Labute approximate surface area is 127 Å². The molecule has 0 unspecified atom stereocenters. The van der Waals surface area contributed by atoms with Crippen molar-refractivity contribution >= 4 is 10.9 Å². The number of fused-ring (bicyclic) bond motifs is 1. The number of phenolic OH excluding ortho intramolecular Hbond substituents is 1. The molecule has 0 aliphatic heterocycles. The van der Waals surface area contributed by atoms with E-state index in [9.17, 15) is 5.11 Å². The molecule has 2 aromatic carbocycles. The minimum absolute atomic E-state index is 0.270. The summed E-state index contributed by atoms with van der Waals surface area (Å²) in [6.07, 6.45) is 1.76. The zero-order valence-corrected chi connectivity index (χ0v) is 12.1. The molecule has 4 aromatic rings. The maximum absolute atomic E-state index is 9.55. The van der Waals surface area contributed by atoms with Crippen LogP contribution in [0.25, 0.3) is 33.4 Å². The fourth-order valence-corrected chi connectivity index (χ4v) is 3.02. The van der Waals surface area contributed by atoms with E-state index < -0.39 is 0 Å². The molecule has 0 fully saturated rings. The van der Waals surface area contributed by atoms with Crippen molar-refractivity contribution in [3.8, 4) is 28.3 Å². The number of phenols is 1. The molecule has 0 aliphatic carbocycles. The summed E-state index contributed by atoms with van der Waals surface area (Å²) in [5, 5.41) is 17.9. The second kappa shape index (κ2) is 4.77. The molecule has 22 heavy (non-hydrogen) atoms. The SMILES string of the molecule is Cn1c(-c2ccn[nH]2)c(-c2ccc(O)cc2)c2ccccc21. The van der Waals surface area contributed by atoms with E-state index in [1.165, 1.54) is 5.39 Å². The summed E-state index contributed by atoms with van der Waals surface area (Å²) in [5.74, 6) is 0.270. The first-order valence-electron chi connectivity index (χ1n) is 7.12. The van der Waals surface area contributed by atoms with Gasteiger partial charge >= 0.3 is 0 Å². The van der Waals surface area contributed by atoms with Crippen LogP contribution < -0.4 is 0 Å². The third-order valence-corrected chi connectivity index (χ3v) is 4.02. The Hall–Kier alpha value is -3.01. The Morgan fingerprint density at radius 2 is 1.77 bits per heavy atom. The zero-order chi connectivity index (χ0) is 15.1. The van der Waals surface area contributed by atoms with Gasteiger partial charge in [0.1, 0.15) is 5.75 Å². The summed E-state index contributed by atoms with van der Waals surface area (Å²) < 4.78 is 2.17. The highest BCUT2D eigenvalue weighted by Crippen LogP contribution is 2.39. The Morgan fingerprint density at radius 1 is 1.00 bits per heavy atom. The fourth-order valence-electron chi connectivity index (χ4n) is 3.02. The van der Waals surface area contributed by atoms with Crippen LogP contribution in [0.1, 0.15) is 0 Å². The molecule has 0 radical (unpaired) electrons. The molecule has 4 heteroatoms. The van der Waals surface area contributed by atoms with Crippen molar-refractivity contribution in [2.24, 2.45) is 7.05 Å². The van der Waals surface area contributed by atoms with Gasteiger partial charge in [-0.25, -0.2) is 0 Å². The van der Waals surface area contributed by atoms with Gasteiger partial charge in [0.05, 0.1) is 11.4 Å². The number of para-hydroxylation sites is 1. The summed E-state index contributed by atoms with van der Waals surface area (Å²) in [7, 11) is 2.06. The van der Waals surface area contributed by atoms with Crippen LogP contribution in [0.3, 0.4) is 0 Å². The number of hydrogen-bond acceptors (Lipinski definition) is 2. The number of aromatic nitrogens is 3. The van der Waals surface area contributed by atoms with Gasteiger partial charge in [0, 0.05) is 29.7 Å². The van der Waals surface area contributed by atoms with E-state index in [-0.39, 0.29) is 5.75 Å². The minimum Gasteiger partial charge on any atom is -0.508 e. The van der Waals surface area contributed by atoms with Crippen molar-refractivity contribution in [2.45, 2.75) is 0 Å². The number of aromatic amines is 1. The standard InChI is InChI=1S/C18H15N3O/c1-21-16-5-3-2-4-14(16)17(12-6-8-13(22)9-7-12)18(21)15-10-11-19-20-15/h2-11,22H,1H3,(H,19,20). The molecule has 2 heterocycles. The topological polar surface area (TPSA) is 53.8 Å². The van der Waals surface area contributed by atoms with E-state index in [1.807, 2.05) is 30.3 Å². The molecule has 0 saturated carbocycles. The van der Waals surface area contributed by atoms with Crippen LogP contribution in [0.4, 0.5) is 0 Å². The van der Waals surface area contributed by atoms with Crippen LogP contribution in [-0.4, -0.2) is 19.9 Å². The molecule has 2 N–H and O–H groups in total. The second-order valence-electron chi connectivity index (χ2n) is 5.32. The largest absolute Gasteiger partial charge is 0.508 e. The molecular formula is C18H15N3O. The predicted molar refractivity (Wildman–Crippen MR) is 87.6 cm³/mol. The van der Waals surface area contributed by atoms with E-state index in [2.05, 4.69) is 33.9 Å². The summed E-state index contributed by atoms with van der Waals surface area (Å²) in [6, 6.07) is 17.6. The summed E-state index contributed by atoms with van der Waals surface area (Å²) >= 11 is 0. The number of aryl methyl sites for hydroxylation is 1. The van der Waals surface area contributed by atoms with Gasteiger partial charge in [0.2, 0.25) is 0 Å². The lowest BCUT2D eigenvalue weighted by Crippen LogP contribution is -1.93. The molecule has 108 valence electrons. The van der Waals surface area contributed by atoms with Crippen molar-refractivity contribution < 1.29 is 5.11 Å². The van der Waals surface area contributed by atoms with Crippen LogP contribution in [-0.2, 0) is 7.05 Å². The van der Waals surface area contributed by atoms with Crippen LogP contribution in [0.2, 0.25) is 0 Å². The maximum atomic E-state index is 9.55. The lowest BCUT2D eigenvalue weighted by molar-refractivity contribution is 0.475. The number of rotatable bonds is 2. The summed E-state index contributed by atoms with van der Waals surface area (Å²) in [4.78, 5) is 0. The highest BCUT2D eigenvalue weighted by Gasteiger charge is 2.18. The fraction of sp³-hybridized carbons (Fsp3) is 0.0556. The molecule has 0 bridgehead atoms. The normalized spacial score (nSPS) is 11.1. The molecule has 0 saturated heterocycles. The van der Waals surface area contributed by atoms with Crippen LogP contribution in [0.15, 0.2) is 60.8 Å². The van der Waals surface area contributed by atoms with Crippen molar-refractivity contribution in [1.29, 1.82) is 0 Å². The van der Waals surface area contributed by atoms with Gasteiger partial charge in [-0.2, -0.15) is 5.10 Å². The van der Waals surface area contributed by atoms with Gasteiger partial charge < -0.3 is 9.67 Å². The Balaban J connectivity index is 2.11. The van der Waals surface area contributed by atoms with Crippen molar-refractivity contribution in [2.75, 3.05) is 0 Å². The van der Waals surface area contributed by atoms with Crippen LogP contribution in [0.5, 0.6) is 5.75 Å². The third-order valence-electron chi connectivity index (χ3n) is 4.02. The number of nitrogens with one attached hydrogen (secondary N) is 1. The molecule has 4 nitrogen and oxygen atoms in total. The average molecular weight is 289 g/mol. The van der Waals surface area contributed by atoms with Crippen molar-refractivity contribution in [1.82, 2.24) is 14.8 Å². The highest BCUT2D eigenvalue weighted by atomic mass is 16.3. The summed E-state index contributed by atoms with van der Waals surface area (Å²) in [6.45, 7) is 0. The van der Waals surface area contributed by atoms with Gasteiger partial charge in [-0.05, 0) is 29.8 Å². The van der Waals surface area contributed by atoms with E-state index in [0.29, 0.717) is 0 Å². The number of nitrogens with zero attached hydrogens (tertiary/aromatic N) is 2. The van der Waals surface area contributed by atoms with E-state index in [1.54, 1.807) is 18.3 Å². The lowest BCUT2D eigenvalue weighted by Gasteiger charge is -2.06. The smallest absolute Gasteiger partial charge is 0.115 e. The number of hydrogen-bond donors (Lipinski definition) is 2. The highest BCUT2D eigenvalue weighted by molar-refractivity contribution is 6.04. The number of benzene rings is 2. The molecule has 0 amide bonds. The van der Waals surface area contributed by atoms with Gasteiger partial charge in [-0.3, -0.25) is 5.10 Å². The molecule has 2 aromatic heterocycles. The van der Waals surface area contributed by atoms with Gasteiger partial charge in [0.15, 0.2) is 0 Å². The first kappa shape index (κ1) is 12.7. The van der Waals surface area contributed by atoms with Crippen LogP contribution in [0, 0.1) is 0 Å². The Bertz CT molecular complexity index is 935. The molecule has 0 atom stereocenters. The number of H-pyrrole nitrogens is 1. The first-order chi connectivity index (χ1) is 10.8. The number of aromatic hydroxyl groups is 1. The van der Waals surface area contributed by atoms with Gasteiger partial charge in [-0.15, -0.1) is 0 Å². The molecule has 4 rings (SSSR count). The lowest BCUT2D eigenvalue weighted by atomic mass is 10.0. The second-order valence-corrected chi connectivity index (χ2v) is 5.32. The van der Waals surface area contributed by atoms with E-state index in [0.717, 1.165) is 28.0 Å². The zero-order valence-electron chi connectivity index (χ0n) is 12.1. The Kier molecular flexibility index (Phi) is 2.76. The van der Waals surface area contributed by atoms with E-state index in [4.69, 9.17) is 0 Å². The van der Waals surface area contributed by atoms with Crippen molar-refractivity contribution in [3.63, 3.8) is 0 Å². The van der Waals surface area contributed by atoms with Crippen molar-refractivity contribution in [3.05, 3.63) is 60.8 Å². The summed E-state index contributed by atoms with van der Waals surface area (Å²) in [5.41, 5.74) is 5.43. The molecular weight excluding hydrogens is 274 g/mol. The van der Waals surface area contributed by atoms with Crippen LogP contribution >= 0.6 is 0 Å². The predicted octanol–water partition coefficient (Wildman–Crippen LogP) is 3.94. The minimum atomic E-state index is 0.270. The van der Waals surface area contributed by atoms with E-state index >= 15 is 0 Å². The molecule has 0 aliphatic rings. The van der Waals surface area contributed by atoms with Gasteiger partial charge in [-0.1, -0.05) is 30.3 Å². The van der Waals surface area contributed by atoms with Gasteiger partial charge in [0.25, 0.3) is 0 Å². The molecule has 0 spiro atoms. The Morgan fingerprint density at radius 3 is 2.50 bits per heavy atom. The maximum Gasteiger partial charge on any atom is 0.115 e. The quantitative estimate of drug-likeness (QED) is 0.587. The third kappa shape index (κ3) is 1.81. The first-order valence-corrected chi connectivity index (χ1v) is 7.12.